The molecule has 6 nitrogen and oxygen atoms in total. The summed E-state index contributed by atoms with van der Waals surface area (Å²) in [4.78, 5) is 31.5. The van der Waals surface area contributed by atoms with Gasteiger partial charge in [0.15, 0.2) is 0 Å². The van der Waals surface area contributed by atoms with Crippen molar-refractivity contribution in [2.45, 2.75) is 31.3 Å². The number of carbonyl (C=O) groups excluding carboxylic acids is 2. The summed E-state index contributed by atoms with van der Waals surface area (Å²) >= 11 is 0. The lowest BCUT2D eigenvalue weighted by molar-refractivity contribution is -0.146. The SMILES string of the molecule is Cl.N[C@@H](Cc1c[nH]c2ccccc12)C(=O)N1CCN(C2CC2)C(=O)C1. The number of carbonyl (C=O) groups is 2. The Morgan fingerprint density at radius 2 is 2.04 bits per heavy atom. The molecule has 1 aliphatic heterocycles. The van der Waals surface area contributed by atoms with Crippen LogP contribution in [0.15, 0.2) is 30.5 Å². The first-order valence-corrected chi connectivity index (χ1v) is 8.52. The van der Waals surface area contributed by atoms with Crippen molar-refractivity contribution >= 4 is 35.1 Å². The molecule has 1 saturated heterocycles. The van der Waals surface area contributed by atoms with Crippen molar-refractivity contribution in [1.29, 1.82) is 0 Å². The Kier molecular flexibility index (Phi) is 5.01. The Bertz CT molecular complexity index is 786. The van der Waals surface area contributed by atoms with Crippen molar-refractivity contribution < 1.29 is 9.59 Å². The summed E-state index contributed by atoms with van der Waals surface area (Å²) in [5, 5.41) is 1.09. The normalized spacial score (nSPS) is 19.0. The van der Waals surface area contributed by atoms with Gasteiger partial charge in [0.25, 0.3) is 0 Å². The van der Waals surface area contributed by atoms with Crippen LogP contribution in [-0.4, -0.2) is 58.3 Å². The van der Waals surface area contributed by atoms with Gasteiger partial charge in [-0.05, 0) is 30.9 Å². The molecule has 2 amide bonds. The minimum atomic E-state index is -0.621. The second-order valence-corrected chi connectivity index (χ2v) is 6.75. The molecule has 1 aromatic heterocycles. The molecule has 2 heterocycles. The number of nitrogens with two attached hydrogens (primary N) is 1. The van der Waals surface area contributed by atoms with Gasteiger partial charge in [0.1, 0.15) is 0 Å². The van der Waals surface area contributed by atoms with Gasteiger partial charge in [0.2, 0.25) is 11.8 Å². The first kappa shape index (κ1) is 17.8. The first-order chi connectivity index (χ1) is 11.6. The zero-order valence-electron chi connectivity index (χ0n) is 14.0. The number of piperazine rings is 1. The number of rotatable bonds is 4. The van der Waals surface area contributed by atoms with E-state index in [0.717, 1.165) is 29.3 Å². The number of aromatic amines is 1. The highest BCUT2D eigenvalue weighted by atomic mass is 35.5. The van der Waals surface area contributed by atoms with E-state index in [2.05, 4.69) is 4.98 Å². The molecule has 1 saturated carbocycles. The zero-order chi connectivity index (χ0) is 16.7. The number of para-hydroxylation sites is 1. The number of nitrogens with zero attached hydrogens (tertiary/aromatic N) is 2. The molecule has 1 aliphatic carbocycles. The van der Waals surface area contributed by atoms with Crippen molar-refractivity contribution in [2.75, 3.05) is 19.6 Å². The molecule has 3 N–H and O–H groups in total. The summed E-state index contributed by atoms with van der Waals surface area (Å²) in [6.45, 7) is 1.38. The number of amides is 2. The number of hydrogen-bond donors (Lipinski definition) is 2. The number of hydrogen-bond acceptors (Lipinski definition) is 3. The average molecular weight is 363 g/mol. The third kappa shape index (κ3) is 3.50. The molecule has 1 atom stereocenters. The number of nitrogens with one attached hydrogen (secondary N) is 1. The van der Waals surface area contributed by atoms with E-state index in [1.807, 2.05) is 35.4 Å². The van der Waals surface area contributed by atoms with Crippen LogP contribution in [0.2, 0.25) is 0 Å². The van der Waals surface area contributed by atoms with Gasteiger partial charge in [-0.25, -0.2) is 0 Å². The Hall–Kier alpha value is -2.05. The first-order valence-electron chi connectivity index (χ1n) is 8.52. The third-order valence-corrected chi connectivity index (χ3v) is 4.99. The molecule has 0 unspecified atom stereocenters. The molecule has 0 spiro atoms. The van der Waals surface area contributed by atoms with Crippen molar-refractivity contribution in [3.63, 3.8) is 0 Å². The van der Waals surface area contributed by atoms with Crippen LogP contribution in [-0.2, 0) is 16.0 Å². The predicted molar refractivity (Wildman–Crippen MR) is 98.5 cm³/mol. The van der Waals surface area contributed by atoms with E-state index in [9.17, 15) is 9.59 Å². The molecule has 2 fully saturated rings. The van der Waals surface area contributed by atoms with Crippen LogP contribution in [0.25, 0.3) is 10.9 Å². The fourth-order valence-electron chi connectivity index (χ4n) is 3.51. The molecule has 25 heavy (non-hydrogen) atoms. The van der Waals surface area contributed by atoms with Gasteiger partial charge in [-0.2, -0.15) is 0 Å². The molecule has 4 rings (SSSR count). The standard InChI is InChI=1S/C18H22N4O2.ClH/c19-15(9-12-10-20-16-4-2-1-3-14(12)16)18(24)21-7-8-22(13-5-6-13)17(23)11-21;/h1-4,10,13,15,20H,5-9,11,19H2;1H/t15-;/m0./s1. The van der Waals surface area contributed by atoms with E-state index in [4.69, 9.17) is 5.73 Å². The van der Waals surface area contributed by atoms with Crippen LogP contribution < -0.4 is 5.73 Å². The number of halogens is 1. The smallest absolute Gasteiger partial charge is 0.242 e. The number of benzene rings is 1. The van der Waals surface area contributed by atoms with Gasteiger partial charge in [-0.3, -0.25) is 9.59 Å². The highest BCUT2D eigenvalue weighted by Gasteiger charge is 2.37. The van der Waals surface area contributed by atoms with Crippen LogP contribution in [0, 0.1) is 0 Å². The monoisotopic (exact) mass is 362 g/mol. The summed E-state index contributed by atoms with van der Waals surface area (Å²) in [7, 11) is 0. The van der Waals surface area contributed by atoms with E-state index in [1.54, 1.807) is 4.90 Å². The number of H-pyrrole nitrogens is 1. The predicted octanol–water partition coefficient (Wildman–Crippen LogP) is 1.29. The molecule has 2 aliphatic rings. The molecule has 0 radical (unpaired) electrons. The second kappa shape index (κ2) is 7.06. The molecule has 7 heteroatoms. The third-order valence-electron chi connectivity index (χ3n) is 4.99. The summed E-state index contributed by atoms with van der Waals surface area (Å²) < 4.78 is 0. The van der Waals surface area contributed by atoms with Crippen molar-refractivity contribution in [3.05, 3.63) is 36.0 Å². The average Bonchev–Trinajstić information content (AvgIpc) is 3.36. The van der Waals surface area contributed by atoms with E-state index < -0.39 is 6.04 Å². The highest BCUT2D eigenvalue weighted by Crippen LogP contribution is 2.28. The number of aromatic nitrogens is 1. The molecule has 2 aromatic rings. The van der Waals surface area contributed by atoms with Crippen LogP contribution in [0.5, 0.6) is 0 Å². The van der Waals surface area contributed by atoms with Crippen LogP contribution in [0.1, 0.15) is 18.4 Å². The maximum absolute atomic E-state index is 12.6. The molecule has 1 aromatic carbocycles. The quantitative estimate of drug-likeness (QED) is 0.859. The highest BCUT2D eigenvalue weighted by molar-refractivity contribution is 5.90. The van der Waals surface area contributed by atoms with Crippen molar-refractivity contribution in [2.24, 2.45) is 5.73 Å². The summed E-state index contributed by atoms with van der Waals surface area (Å²) in [6, 6.07) is 7.76. The van der Waals surface area contributed by atoms with Gasteiger partial charge in [-0.15, -0.1) is 12.4 Å². The fraction of sp³-hybridized carbons (Fsp3) is 0.444. The van der Waals surface area contributed by atoms with E-state index >= 15 is 0 Å². The summed E-state index contributed by atoms with van der Waals surface area (Å²) in [5.74, 6) is -0.0829. The number of fused-ring (bicyclic) bond motifs is 1. The van der Waals surface area contributed by atoms with Gasteiger partial charge < -0.3 is 20.5 Å². The minimum absolute atomic E-state index is 0. The van der Waals surface area contributed by atoms with Gasteiger partial charge in [0.05, 0.1) is 12.6 Å². The van der Waals surface area contributed by atoms with Crippen LogP contribution >= 0.6 is 12.4 Å². The van der Waals surface area contributed by atoms with Gasteiger partial charge in [0, 0.05) is 36.2 Å². The Morgan fingerprint density at radius 3 is 2.76 bits per heavy atom. The van der Waals surface area contributed by atoms with E-state index in [0.29, 0.717) is 25.6 Å². The van der Waals surface area contributed by atoms with Gasteiger partial charge >= 0.3 is 0 Å². The molecule has 0 bridgehead atoms. The Morgan fingerprint density at radius 1 is 1.28 bits per heavy atom. The largest absolute Gasteiger partial charge is 0.361 e. The zero-order valence-corrected chi connectivity index (χ0v) is 14.8. The van der Waals surface area contributed by atoms with Crippen LogP contribution in [0.3, 0.4) is 0 Å². The molecular weight excluding hydrogens is 340 g/mol. The van der Waals surface area contributed by atoms with Crippen molar-refractivity contribution in [3.8, 4) is 0 Å². The summed E-state index contributed by atoms with van der Waals surface area (Å²) in [6.07, 6.45) is 4.58. The lowest BCUT2D eigenvalue weighted by Crippen LogP contribution is -2.56. The topological polar surface area (TPSA) is 82.4 Å². The fourth-order valence-corrected chi connectivity index (χ4v) is 3.51. The van der Waals surface area contributed by atoms with Crippen LogP contribution in [0.4, 0.5) is 0 Å². The lowest BCUT2D eigenvalue weighted by atomic mass is 10.0. The molecular formula is C18H23ClN4O2. The van der Waals surface area contributed by atoms with Crippen molar-refractivity contribution in [1.82, 2.24) is 14.8 Å². The van der Waals surface area contributed by atoms with E-state index in [1.165, 1.54) is 0 Å². The maximum Gasteiger partial charge on any atom is 0.242 e. The lowest BCUT2D eigenvalue weighted by Gasteiger charge is -2.35. The summed E-state index contributed by atoms with van der Waals surface area (Å²) in [5.41, 5.74) is 8.23. The Labute approximate surface area is 152 Å². The Balaban J connectivity index is 0.00000182. The van der Waals surface area contributed by atoms with Gasteiger partial charge in [-0.1, -0.05) is 18.2 Å². The molecule has 134 valence electrons. The minimum Gasteiger partial charge on any atom is -0.361 e. The maximum atomic E-state index is 12.6. The van der Waals surface area contributed by atoms with E-state index in [-0.39, 0.29) is 30.8 Å². The second-order valence-electron chi connectivity index (χ2n) is 6.75.